The molecule has 1 fully saturated rings. The number of hydrogen-bond acceptors (Lipinski definition) is 5. The van der Waals surface area contributed by atoms with Gasteiger partial charge in [-0.1, -0.05) is 42.0 Å². The second-order valence-electron chi connectivity index (χ2n) is 8.33. The maximum Gasteiger partial charge on any atom is 0.218 e. The second-order valence-corrected chi connectivity index (χ2v) is 10.6. The number of fused-ring (bicyclic) bond motifs is 1. The first-order chi connectivity index (χ1) is 14.4. The van der Waals surface area contributed by atoms with Crippen LogP contribution in [0.3, 0.4) is 0 Å². The summed E-state index contributed by atoms with van der Waals surface area (Å²) in [5.74, 6) is 1.40. The molecule has 1 aliphatic rings. The lowest BCUT2D eigenvalue weighted by Crippen LogP contribution is -2.23. The normalized spacial score (nSPS) is 18.0. The smallest absolute Gasteiger partial charge is 0.218 e. The topological polar surface area (TPSA) is 68.3 Å². The predicted octanol–water partition coefficient (Wildman–Crippen LogP) is 3.95. The Bertz CT molecular complexity index is 1160. The number of pyridine rings is 1. The molecular weight excluding hydrogens is 396 g/mol. The van der Waals surface area contributed by atoms with Gasteiger partial charge < -0.3 is 10.1 Å². The highest BCUT2D eigenvalue weighted by atomic mass is 32.2. The van der Waals surface area contributed by atoms with E-state index in [-0.39, 0.29) is 11.7 Å². The molecule has 158 valence electrons. The molecule has 1 saturated heterocycles. The minimum absolute atomic E-state index is 0.183. The summed E-state index contributed by atoms with van der Waals surface area (Å²) in [7, 11) is -2.85. The fourth-order valence-corrected chi connectivity index (χ4v) is 5.81. The maximum atomic E-state index is 11.7. The van der Waals surface area contributed by atoms with Crippen LogP contribution in [0.4, 0.5) is 0 Å². The molecule has 1 unspecified atom stereocenters. The summed E-state index contributed by atoms with van der Waals surface area (Å²) >= 11 is 0. The molecule has 1 aliphatic heterocycles. The largest absolute Gasteiger partial charge is 0.473 e. The first kappa shape index (κ1) is 20.8. The minimum Gasteiger partial charge on any atom is -0.473 e. The first-order valence-electron chi connectivity index (χ1n) is 10.4. The summed E-state index contributed by atoms with van der Waals surface area (Å²) < 4.78 is 29.5. The Hall–Kier alpha value is -2.44. The van der Waals surface area contributed by atoms with Gasteiger partial charge in [-0.3, -0.25) is 0 Å². The van der Waals surface area contributed by atoms with Gasteiger partial charge in [0.15, 0.2) is 9.84 Å². The fourth-order valence-electron chi connectivity index (χ4n) is 3.95. The molecule has 5 nitrogen and oxygen atoms in total. The van der Waals surface area contributed by atoms with Gasteiger partial charge in [0.25, 0.3) is 0 Å². The zero-order chi connectivity index (χ0) is 21.1. The van der Waals surface area contributed by atoms with Crippen LogP contribution < -0.4 is 10.1 Å². The molecule has 2 heterocycles. The van der Waals surface area contributed by atoms with E-state index >= 15 is 0 Å². The molecular formula is C24H28N2O3S. The Kier molecular flexibility index (Phi) is 6.06. The summed E-state index contributed by atoms with van der Waals surface area (Å²) in [6.45, 7) is 5.86. The van der Waals surface area contributed by atoms with E-state index in [4.69, 9.17) is 9.72 Å². The average Bonchev–Trinajstić information content (AvgIpc) is 3.05. The molecule has 2 aromatic carbocycles. The number of rotatable bonds is 7. The average molecular weight is 425 g/mol. The van der Waals surface area contributed by atoms with Crippen molar-refractivity contribution in [2.45, 2.75) is 33.4 Å². The number of nitrogens with one attached hydrogen (secondary N) is 1. The van der Waals surface area contributed by atoms with Crippen molar-refractivity contribution >= 4 is 20.7 Å². The third-order valence-electron chi connectivity index (χ3n) is 5.55. The second kappa shape index (κ2) is 8.74. The molecule has 4 rings (SSSR count). The van der Waals surface area contributed by atoms with Crippen molar-refractivity contribution in [2.75, 3.05) is 18.1 Å². The number of nitrogens with zero attached hydrogens (tertiary/aromatic N) is 1. The first-order valence-corrected chi connectivity index (χ1v) is 12.2. The highest BCUT2D eigenvalue weighted by molar-refractivity contribution is 7.91. The fraction of sp³-hybridized carbons (Fsp3) is 0.375. The van der Waals surface area contributed by atoms with E-state index in [0.717, 1.165) is 34.0 Å². The molecule has 6 heteroatoms. The molecule has 3 aromatic rings. The Balaban J connectivity index is 1.51. The van der Waals surface area contributed by atoms with Gasteiger partial charge >= 0.3 is 0 Å². The molecule has 1 atom stereocenters. The van der Waals surface area contributed by atoms with E-state index in [1.165, 1.54) is 5.56 Å². The quantitative estimate of drug-likeness (QED) is 0.622. The molecule has 0 bridgehead atoms. The molecule has 0 spiro atoms. The van der Waals surface area contributed by atoms with Crippen molar-refractivity contribution in [3.8, 4) is 5.88 Å². The van der Waals surface area contributed by atoms with Crippen LogP contribution in [0, 0.1) is 19.8 Å². The highest BCUT2D eigenvalue weighted by Gasteiger charge is 2.27. The molecule has 1 aromatic heterocycles. The summed E-state index contributed by atoms with van der Waals surface area (Å²) in [6.07, 6.45) is 0.737. The summed E-state index contributed by atoms with van der Waals surface area (Å²) in [6, 6.07) is 16.6. The zero-order valence-electron chi connectivity index (χ0n) is 17.5. The Morgan fingerprint density at radius 3 is 2.70 bits per heavy atom. The summed E-state index contributed by atoms with van der Waals surface area (Å²) in [5.41, 5.74) is 5.37. The van der Waals surface area contributed by atoms with Crippen molar-refractivity contribution in [2.24, 2.45) is 5.92 Å². The number of aromatic nitrogens is 1. The summed E-state index contributed by atoms with van der Waals surface area (Å²) in [4.78, 5) is 4.79. The Labute approximate surface area is 178 Å². The van der Waals surface area contributed by atoms with Crippen LogP contribution in [0.1, 0.15) is 28.7 Å². The highest BCUT2D eigenvalue weighted by Crippen LogP contribution is 2.25. The van der Waals surface area contributed by atoms with Crippen molar-refractivity contribution in [3.05, 3.63) is 70.8 Å². The maximum absolute atomic E-state index is 11.7. The van der Waals surface area contributed by atoms with Gasteiger partial charge in [-0.15, -0.1) is 0 Å². The van der Waals surface area contributed by atoms with E-state index in [0.29, 0.717) is 31.3 Å². The van der Waals surface area contributed by atoms with Crippen LogP contribution in [0.15, 0.2) is 48.5 Å². The van der Waals surface area contributed by atoms with Gasteiger partial charge in [0.2, 0.25) is 5.88 Å². The molecule has 1 N–H and O–H groups in total. The zero-order valence-corrected chi connectivity index (χ0v) is 18.3. The lowest BCUT2D eigenvalue weighted by atomic mass is 10.1. The van der Waals surface area contributed by atoms with Gasteiger partial charge in [0.05, 0.1) is 17.0 Å². The van der Waals surface area contributed by atoms with Crippen LogP contribution >= 0.6 is 0 Å². The number of aryl methyl sites for hydroxylation is 2. The lowest BCUT2D eigenvalue weighted by Gasteiger charge is -2.15. The summed E-state index contributed by atoms with van der Waals surface area (Å²) in [5, 5.41) is 4.49. The van der Waals surface area contributed by atoms with E-state index in [1.807, 2.05) is 6.07 Å². The number of hydrogen-bond donors (Lipinski definition) is 1. The standard InChI is InChI=1S/C24H28N2O3S/c1-17-4-3-5-19(10-17)15-29-24-22(12-21-7-6-18(2)11-23(21)26-24)14-25-13-20-8-9-30(27,28)16-20/h3-7,10-12,20,25H,8-9,13-16H2,1-2H3. The van der Waals surface area contributed by atoms with E-state index in [1.54, 1.807) is 0 Å². The van der Waals surface area contributed by atoms with Crippen LogP contribution in [-0.2, 0) is 23.0 Å². The van der Waals surface area contributed by atoms with Gasteiger partial charge in [-0.2, -0.15) is 0 Å². The number of sulfone groups is 1. The molecule has 0 radical (unpaired) electrons. The third kappa shape index (κ3) is 5.18. The van der Waals surface area contributed by atoms with Gasteiger partial charge in [-0.05, 0) is 56.0 Å². The van der Waals surface area contributed by atoms with Crippen LogP contribution in [-0.4, -0.2) is 31.5 Å². The van der Waals surface area contributed by atoms with Crippen LogP contribution in [0.25, 0.3) is 10.9 Å². The SMILES string of the molecule is Cc1cccc(COc2nc3cc(C)ccc3cc2CNCC2CCS(=O)(=O)C2)c1. The third-order valence-corrected chi connectivity index (χ3v) is 7.38. The van der Waals surface area contributed by atoms with E-state index in [2.05, 4.69) is 61.6 Å². The van der Waals surface area contributed by atoms with Crippen LogP contribution in [0.2, 0.25) is 0 Å². The molecule has 0 amide bonds. The monoisotopic (exact) mass is 424 g/mol. The van der Waals surface area contributed by atoms with Crippen LogP contribution in [0.5, 0.6) is 5.88 Å². The Morgan fingerprint density at radius 2 is 1.93 bits per heavy atom. The van der Waals surface area contributed by atoms with Crippen molar-refractivity contribution in [1.82, 2.24) is 10.3 Å². The minimum atomic E-state index is -2.85. The van der Waals surface area contributed by atoms with Crippen molar-refractivity contribution in [3.63, 3.8) is 0 Å². The number of ether oxygens (including phenoxy) is 1. The number of benzene rings is 2. The predicted molar refractivity (Wildman–Crippen MR) is 120 cm³/mol. The lowest BCUT2D eigenvalue weighted by molar-refractivity contribution is 0.290. The van der Waals surface area contributed by atoms with Crippen molar-refractivity contribution in [1.29, 1.82) is 0 Å². The molecule has 30 heavy (non-hydrogen) atoms. The van der Waals surface area contributed by atoms with Gasteiger partial charge in [0, 0.05) is 17.5 Å². The van der Waals surface area contributed by atoms with Gasteiger partial charge in [0.1, 0.15) is 6.61 Å². The van der Waals surface area contributed by atoms with Gasteiger partial charge in [-0.25, -0.2) is 13.4 Å². The molecule has 0 saturated carbocycles. The molecule has 0 aliphatic carbocycles. The Morgan fingerprint density at radius 1 is 1.10 bits per heavy atom. The van der Waals surface area contributed by atoms with E-state index < -0.39 is 9.84 Å². The van der Waals surface area contributed by atoms with Crippen molar-refractivity contribution < 1.29 is 13.2 Å². The van der Waals surface area contributed by atoms with E-state index in [9.17, 15) is 8.42 Å².